The van der Waals surface area contributed by atoms with E-state index in [9.17, 15) is 4.79 Å². The fraction of sp³-hybridized carbons (Fsp3) is 0.111. The van der Waals surface area contributed by atoms with E-state index in [-0.39, 0.29) is 5.97 Å². The summed E-state index contributed by atoms with van der Waals surface area (Å²) in [7, 11) is 1.36. The summed E-state index contributed by atoms with van der Waals surface area (Å²) < 4.78 is 5.29. The lowest BCUT2D eigenvalue weighted by atomic mass is 10.1. The van der Waals surface area contributed by atoms with Gasteiger partial charge in [-0.15, -0.1) is 0 Å². The predicted molar refractivity (Wildman–Crippen MR) is 55.1 cm³/mol. The molecule has 0 aliphatic heterocycles. The summed E-state index contributed by atoms with van der Waals surface area (Å²) >= 11 is 3.27. The number of H-pyrrole nitrogens is 1. The van der Waals surface area contributed by atoms with Gasteiger partial charge in [-0.25, -0.2) is 4.79 Å². The lowest BCUT2D eigenvalue weighted by Crippen LogP contribution is -2.01. The molecule has 0 bridgehead atoms. The van der Waals surface area contributed by atoms with Crippen LogP contribution in [-0.4, -0.2) is 23.3 Å². The van der Waals surface area contributed by atoms with Crippen molar-refractivity contribution in [3.63, 3.8) is 0 Å². The lowest BCUT2D eigenvalue weighted by Gasteiger charge is -1.99. The Morgan fingerprint density at radius 3 is 3.07 bits per heavy atom. The Labute approximate surface area is 88.4 Å². The van der Waals surface area contributed by atoms with E-state index >= 15 is 0 Å². The lowest BCUT2D eigenvalue weighted by molar-refractivity contribution is 0.0603. The summed E-state index contributed by atoms with van der Waals surface area (Å²) in [5, 5.41) is 7.51. The number of halogens is 1. The highest BCUT2D eigenvalue weighted by atomic mass is 79.9. The first-order chi connectivity index (χ1) is 6.74. The maximum absolute atomic E-state index is 11.4. The van der Waals surface area contributed by atoms with Gasteiger partial charge in [-0.2, -0.15) is 5.10 Å². The number of nitrogens with one attached hydrogen (secondary N) is 1. The highest BCUT2D eigenvalue weighted by Gasteiger charge is 2.14. The summed E-state index contributed by atoms with van der Waals surface area (Å²) in [4.78, 5) is 11.4. The number of carbonyl (C=O) groups is 1. The van der Waals surface area contributed by atoms with Gasteiger partial charge in [0.25, 0.3) is 0 Å². The summed E-state index contributed by atoms with van der Waals surface area (Å²) in [6.45, 7) is 0. The molecule has 1 heterocycles. The third-order valence-corrected chi connectivity index (χ3v) is 2.52. The van der Waals surface area contributed by atoms with E-state index in [4.69, 9.17) is 0 Å². The molecule has 0 saturated carbocycles. The molecule has 0 saturated heterocycles. The molecule has 0 aliphatic rings. The van der Waals surface area contributed by atoms with Gasteiger partial charge in [0, 0.05) is 5.39 Å². The third kappa shape index (κ3) is 1.29. The highest BCUT2D eigenvalue weighted by Crippen LogP contribution is 2.24. The van der Waals surface area contributed by atoms with Crippen molar-refractivity contribution in [1.82, 2.24) is 10.2 Å². The fourth-order valence-electron chi connectivity index (χ4n) is 1.31. The minimum atomic E-state index is -0.363. The summed E-state index contributed by atoms with van der Waals surface area (Å²) in [6.07, 6.45) is 0. The molecule has 2 aromatic rings. The van der Waals surface area contributed by atoms with Gasteiger partial charge < -0.3 is 4.74 Å². The molecule has 1 aromatic heterocycles. The van der Waals surface area contributed by atoms with Crippen LogP contribution in [0.2, 0.25) is 0 Å². The number of carbonyl (C=O) groups excluding carboxylic acids is 1. The molecule has 0 aliphatic carbocycles. The van der Waals surface area contributed by atoms with E-state index in [0.717, 1.165) is 10.9 Å². The van der Waals surface area contributed by atoms with E-state index in [1.165, 1.54) is 7.11 Å². The van der Waals surface area contributed by atoms with Crippen LogP contribution < -0.4 is 0 Å². The molecule has 2 rings (SSSR count). The van der Waals surface area contributed by atoms with Crippen LogP contribution in [0, 0.1) is 0 Å². The van der Waals surface area contributed by atoms with Crippen molar-refractivity contribution in [2.75, 3.05) is 7.11 Å². The van der Waals surface area contributed by atoms with Crippen LogP contribution >= 0.6 is 15.9 Å². The molecule has 0 atom stereocenters. The second-order valence-electron chi connectivity index (χ2n) is 2.73. The summed E-state index contributed by atoms with van der Waals surface area (Å²) in [5.41, 5.74) is 1.31. The second-order valence-corrected chi connectivity index (χ2v) is 3.49. The van der Waals surface area contributed by atoms with Crippen molar-refractivity contribution < 1.29 is 9.53 Å². The Morgan fingerprint density at radius 1 is 1.57 bits per heavy atom. The van der Waals surface area contributed by atoms with Crippen LogP contribution in [-0.2, 0) is 4.74 Å². The molecule has 5 heteroatoms. The molecule has 1 N–H and O–H groups in total. The van der Waals surface area contributed by atoms with Crippen molar-refractivity contribution in [3.8, 4) is 0 Å². The van der Waals surface area contributed by atoms with E-state index in [1.807, 2.05) is 6.07 Å². The SMILES string of the molecule is COC(=O)c1cccc2[nH]nc(Br)c12. The largest absolute Gasteiger partial charge is 0.465 e. The van der Waals surface area contributed by atoms with Crippen molar-refractivity contribution in [1.29, 1.82) is 0 Å². The van der Waals surface area contributed by atoms with Crippen molar-refractivity contribution >= 4 is 32.8 Å². The Bertz CT molecular complexity index is 493. The normalized spacial score (nSPS) is 10.4. The maximum atomic E-state index is 11.4. The maximum Gasteiger partial charge on any atom is 0.338 e. The molecule has 1 aromatic carbocycles. The Balaban J connectivity index is 2.75. The number of hydrogen-bond acceptors (Lipinski definition) is 3. The number of benzene rings is 1. The highest BCUT2D eigenvalue weighted by molar-refractivity contribution is 9.10. The number of nitrogens with zero attached hydrogens (tertiary/aromatic N) is 1. The smallest absolute Gasteiger partial charge is 0.338 e. The van der Waals surface area contributed by atoms with Crippen LogP contribution in [0.1, 0.15) is 10.4 Å². The van der Waals surface area contributed by atoms with E-state index < -0.39 is 0 Å². The zero-order valence-corrected chi connectivity index (χ0v) is 8.96. The molecule has 0 unspecified atom stereocenters. The number of ether oxygens (including phenoxy) is 1. The Morgan fingerprint density at radius 2 is 2.36 bits per heavy atom. The van der Waals surface area contributed by atoms with E-state index in [2.05, 4.69) is 30.9 Å². The molecule has 0 radical (unpaired) electrons. The van der Waals surface area contributed by atoms with Crippen molar-refractivity contribution in [3.05, 3.63) is 28.4 Å². The molecule has 14 heavy (non-hydrogen) atoms. The summed E-state index contributed by atoms with van der Waals surface area (Å²) in [6, 6.07) is 5.33. The Hall–Kier alpha value is -1.36. The predicted octanol–water partition coefficient (Wildman–Crippen LogP) is 2.11. The van der Waals surface area contributed by atoms with Gasteiger partial charge in [0.2, 0.25) is 0 Å². The molecule has 0 spiro atoms. The van der Waals surface area contributed by atoms with Gasteiger partial charge in [-0.05, 0) is 28.1 Å². The van der Waals surface area contributed by atoms with Crippen molar-refractivity contribution in [2.45, 2.75) is 0 Å². The van der Waals surface area contributed by atoms with Crippen LogP contribution in [0.4, 0.5) is 0 Å². The Kier molecular flexibility index (Phi) is 2.25. The van der Waals surface area contributed by atoms with E-state index in [1.54, 1.807) is 12.1 Å². The standard InChI is InChI=1S/C9H7BrN2O2/c1-14-9(13)5-3-2-4-6-7(5)8(10)12-11-6/h2-4H,1H3,(H,11,12). The van der Waals surface area contributed by atoms with Gasteiger partial charge in [0.1, 0.15) is 4.60 Å². The average Bonchev–Trinajstić information content (AvgIpc) is 2.59. The van der Waals surface area contributed by atoms with Crippen LogP contribution in [0.25, 0.3) is 10.9 Å². The molecular weight excluding hydrogens is 248 g/mol. The zero-order chi connectivity index (χ0) is 10.1. The number of aromatic nitrogens is 2. The number of fused-ring (bicyclic) bond motifs is 1. The van der Waals surface area contributed by atoms with Crippen molar-refractivity contribution in [2.24, 2.45) is 0 Å². The minimum absolute atomic E-state index is 0.363. The number of rotatable bonds is 1. The molecular formula is C9H7BrN2O2. The van der Waals surface area contributed by atoms with Crippen LogP contribution in [0.3, 0.4) is 0 Å². The molecule has 4 nitrogen and oxygen atoms in total. The van der Waals surface area contributed by atoms with Crippen LogP contribution in [0.15, 0.2) is 22.8 Å². The summed E-state index contributed by atoms with van der Waals surface area (Å²) in [5.74, 6) is -0.363. The first-order valence-electron chi connectivity index (χ1n) is 3.95. The van der Waals surface area contributed by atoms with E-state index in [0.29, 0.717) is 10.2 Å². The van der Waals surface area contributed by atoms with Crippen LogP contribution in [0.5, 0.6) is 0 Å². The number of aromatic amines is 1. The second kappa shape index (κ2) is 3.42. The van der Waals surface area contributed by atoms with Gasteiger partial charge >= 0.3 is 5.97 Å². The first-order valence-corrected chi connectivity index (χ1v) is 4.74. The monoisotopic (exact) mass is 254 g/mol. The van der Waals surface area contributed by atoms with Gasteiger partial charge in [0.05, 0.1) is 18.2 Å². The number of hydrogen-bond donors (Lipinski definition) is 1. The van der Waals surface area contributed by atoms with Gasteiger partial charge in [0.15, 0.2) is 0 Å². The molecule has 0 amide bonds. The zero-order valence-electron chi connectivity index (χ0n) is 7.37. The van der Waals surface area contributed by atoms with Gasteiger partial charge in [-0.1, -0.05) is 6.07 Å². The quantitative estimate of drug-likeness (QED) is 0.794. The third-order valence-electron chi connectivity index (χ3n) is 1.95. The molecule has 0 fully saturated rings. The molecule has 72 valence electrons. The minimum Gasteiger partial charge on any atom is -0.465 e. The average molecular weight is 255 g/mol. The fourth-order valence-corrected chi connectivity index (χ4v) is 1.83. The number of esters is 1. The topological polar surface area (TPSA) is 55.0 Å². The first kappa shape index (κ1) is 9.21. The van der Waals surface area contributed by atoms with Gasteiger partial charge in [-0.3, -0.25) is 5.10 Å². The number of methoxy groups -OCH3 is 1.